The minimum atomic E-state index is -0.350. The zero-order chi connectivity index (χ0) is 24.6. The maximum atomic E-state index is 13.9. The SMILES string of the molecule is CC(C)C1CCC2=C(CCC3C2(C)CCC[C@@]3(C)C(=O)Nc2cccc(Oc3ccccc3)c2)C1. The predicted molar refractivity (Wildman–Crippen MR) is 144 cm³/mol. The van der Waals surface area contributed by atoms with Gasteiger partial charge in [0.2, 0.25) is 5.91 Å². The number of anilines is 1. The largest absolute Gasteiger partial charge is 0.457 e. The topological polar surface area (TPSA) is 38.3 Å². The zero-order valence-corrected chi connectivity index (χ0v) is 21.9. The molecule has 3 aliphatic carbocycles. The number of ether oxygens (including phenoxy) is 1. The quantitative estimate of drug-likeness (QED) is 0.443. The second-order valence-electron chi connectivity index (χ2n) is 12.0. The molecule has 186 valence electrons. The lowest BCUT2D eigenvalue weighted by atomic mass is 9.48. The van der Waals surface area contributed by atoms with Crippen LogP contribution in [0, 0.1) is 28.6 Å². The normalized spacial score (nSPS) is 30.4. The number of allylic oxidation sites excluding steroid dienone is 2. The molecule has 3 unspecified atom stereocenters. The molecule has 0 heterocycles. The summed E-state index contributed by atoms with van der Waals surface area (Å²) in [5.74, 6) is 3.70. The van der Waals surface area contributed by atoms with E-state index in [1.807, 2.05) is 54.6 Å². The van der Waals surface area contributed by atoms with Gasteiger partial charge in [0.1, 0.15) is 11.5 Å². The molecule has 0 aromatic heterocycles. The van der Waals surface area contributed by atoms with Gasteiger partial charge in [0.15, 0.2) is 0 Å². The van der Waals surface area contributed by atoms with Crippen molar-refractivity contribution in [2.75, 3.05) is 5.32 Å². The fourth-order valence-corrected chi connectivity index (χ4v) is 7.56. The maximum absolute atomic E-state index is 13.9. The van der Waals surface area contributed by atoms with Crippen LogP contribution in [0.15, 0.2) is 65.7 Å². The van der Waals surface area contributed by atoms with Crippen molar-refractivity contribution in [2.24, 2.45) is 28.6 Å². The number of amides is 1. The second kappa shape index (κ2) is 9.48. The van der Waals surface area contributed by atoms with Crippen LogP contribution in [0.25, 0.3) is 0 Å². The minimum absolute atomic E-state index is 0.165. The van der Waals surface area contributed by atoms with Gasteiger partial charge >= 0.3 is 0 Å². The zero-order valence-electron chi connectivity index (χ0n) is 21.9. The van der Waals surface area contributed by atoms with E-state index < -0.39 is 0 Å². The number of hydrogen-bond acceptors (Lipinski definition) is 2. The van der Waals surface area contributed by atoms with Gasteiger partial charge in [-0.05, 0) is 92.4 Å². The van der Waals surface area contributed by atoms with Crippen molar-refractivity contribution in [3.8, 4) is 11.5 Å². The number of hydrogen-bond donors (Lipinski definition) is 1. The van der Waals surface area contributed by atoms with Crippen molar-refractivity contribution in [2.45, 2.75) is 79.1 Å². The third-order valence-electron chi connectivity index (χ3n) is 9.59. The van der Waals surface area contributed by atoms with Gasteiger partial charge in [-0.2, -0.15) is 0 Å². The van der Waals surface area contributed by atoms with Crippen LogP contribution in [-0.4, -0.2) is 5.91 Å². The van der Waals surface area contributed by atoms with Gasteiger partial charge in [0.25, 0.3) is 0 Å². The van der Waals surface area contributed by atoms with E-state index >= 15 is 0 Å². The average Bonchev–Trinajstić information content (AvgIpc) is 2.84. The molecule has 3 heteroatoms. The van der Waals surface area contributed by atoms with E-state index in [0.29, 0.717) is 5.92 Å². The number of rotatable bonds is 5. The Bertz CT molecular complexity index is 1100. The molecule has 1 N–H and O–H groups in total. The fourth-order valence-electron chi connectivity index (χ4n) is 7.56. The molecule has 4 atom stereocenters. The molecule has 0 aliphatic heterocycles. The lowest BCUT2D eigenvalue weighted by Crippen LogP contribution is -2.52. The number of benzene rings is 2. The molecule has 0 spiro atoms. The van der Waals surface area contributed by atoms with Gasteiger partial charge in [-0.25, -0.2) is 0 Å². The Morgan fingerprint density at radius 2 is 1.74 bits per heavy atom. The highest BCUT2D eigenvalue weighted by molar-refractivity contribution is 5.95. The summed E-state index contributed by atoms with van der Waals surface area (Å²) in [6.07, 6.45) is 9.48. The predicted octanol–water partition coefficient (Wildman–Crippen LogP) is 8.78. The van der Waals surface area contributed by atoms with Gasteiger partial charge in [-0.1, -0.05) is 69.5 Å². The molecule has 0 bridgehead atoms. The Morgan fingerprint density at radius 3 is 2.51 bits per heavy atom. The Labute approximate surface area is 211 Å². The lowest BCUT2D eigenvalue weighted by molar-refractivity contribution is -0.135. The summed E-state index contributed by atoms with van der Waals surface area (Å²) in [6, 6.07) is 17.6. The molecule has 1 fully saturated rings. The van der Waals surface area contributed by atoms with E-state index in [9.17, 15) is 4.79 Å². The summed E-state index contributed by atoms with van der Waals surface area (Å²) in [4.78, 5) is 13.9. The van der Waals surface area contributed by atoms with Crippen LogP contribution in [0.5, 0.6) is 11.5 Å². The van der Waals surface area contributed by atoms with Crippen molar-refractivity contribution in [3.05, 3.63) is 65.7 Å². The van der Waals surface area contributed by atoms with E-state index in [2.05, 4.69) is 33.0 Å². The van der Waals surface area contributed by atoms with Crippen LogP contribution in [0.2, 0.25) is 0 Å². The summed E-state index contributed by atoms with van der Waals surface area (Å²) < 4.78 is 6.00. The van der Waals surface area contributed by atoms with E-state index in [1.165, 1.54) is 32.1 Å². The fraction of sp³-hybridized carbons (Fsp3) is 0.531. The standard InChI is InChI=1S/C32H41NO2/c1-22(2)23-14-16-28-24(20-23)15-17-29-31(28,3)18-9-19-32(29,4)30(34)33-25-10-8-13-27(21-25)35-26-11-6-5-7-12-26/h5-8,10-13,21-23,29H,9,14-20H2,1-4H3,(H,33,34)/t23?,29?,31?,32-/m1/s1. The highest BCUT2D eigenvalue weighted by Gasteiger charge is 2.55. The first-order valence-corrected chi connectivity index (χ1v) is 13.7. The maximum Gasteiger partial charge on any atom is 0.230 e. The van der Waals surface area contributed by atoms with E-state index in [1.54, 1.807) is 11.1 Å². The van der Waals surface area contributed by atoms with E-state index in [0.717, 1.165) is 48.3 Å². The van der Waals surface area contributed by atoms with Crippen molar-refractivity contribution >= 4 is 11.6 Å². The summed E-state index contributed by atoms with van der Waals surface area (Å²) in [5, 5.41) is 3.29. The highest BCUT2D eigenvalue weighted by atomic mass is 16.5. The molecular weight excluding hydrogens is 430 g/mol. The van der Waals surface area contributed by atoms with Crippen molar-refractivity contribution < 1.29 is 9.53 Å². The first kappa shape index (κ1) is 24.2. The summed E-state index contributed by atoms with van der Waals surface area (Å²) in [5.41, 5.74) is 4.09. The molecule has 1 amide bonds. The van der Waals surface area contributed by atoms with Crippen LogP contribution in [0.1, 0.15) is 79.1 Å². The van der Waals surface area contributed by atoms with Crippen molar-refractivity contribution in [1.29, 1.82) is 0 Å². The first-order valence-electron chi connectivity index (χ1n) is 13.7. The molecule has 2 aromatic rings. The number of nitrogens with one attached hydrogen (secondary N) is 1. The van der Waals surface area contributed by atoms with E-state index in [4.69, 9.17) is 4.74 Å². The molecule has 3 nitrogen and oxygen atoms in total. The first-order chi connectivity index (χ1) is 16.8. The van der Waals surface area contributed by atoms with Crippen LogP contribution in [0.4, 0.5) is 5.69 Å². The Morgan fingerprint density at radius 1 is 0.971 bits per heavy atom. The van der Waals surface area contributed by atoms with Gasteiger partial charge in [0.05, 0.1) is 5.41 Å². The van der Waals surface area contributed by atoms with Gasteiger partial charge < -0.3 is 10.1 Å². The van der Waals surface area contributed by atoms with Crippen LogP contribution < -0.4 is 10.1 Å². The van der Waals surface area contributed by atoms with Crippen molar-refractivity contribution in [1.82, 2.24) is 0 Å². The third-order valence-corrected chi connectivity index (χ3v) is 9.59. The molecule has 1 saturated carbocycles. The summed E-state index contributed by atoms with van der Waals surface area (Å²) in [7, 11) is 0. The Hall–Kier alpha value is -2.55. The number of para-hydroxylation sites is 1. The molecule has 3 aliphatic rings. The van der Waals surface area contributed by atoms with Crippen LogP contribution >= 0.6 is 0 Å². The number of fused-ring (bicyclic) bond motifs is 2. The van der Waals surface area contributed by atoms with Gasteiger partial charge in [0, 0.05) is 11.8 Å². The van der Waals surface area contributed by atoms with Crippen LogP contribution in [0.3, 0.4) is 0 Å². The summed E-state index contributed by atoms with van der Waals surface area (Å²) >= 11 is 0. The van der Waals surface area contributed by atoms with Gasteiger partial charge in [-0.3, -0.25) is 4.79 Å². The number of carbonyl (C=O) groups excluding carboxylic acids is 1. The van der Waals surface area contributed by atoms with Crippen molar-refractivity contribution in [3.63, 3.8) is 0 Å². The van der Waals surface area contributed by atoms with Gasteiger partial charge in [-0.15, -0.1) is 0 Å². The molecule has 0 radical (unpaired) electrons. The average molecular weight is 472 g/mol. The highest BCUT2D eigenvalue weighted by Crippen LogP contribution is 2.62. The molecular formula is C32H41NO2. The second-order valence-corrected chi connectivity index (χ2v) is 12.0. The Kier molecular flexibility index (Phi) is 6.55. The number of carbonyl (C=O) groups is 1. The van der Waals surface area contributed by atoms with E-state index in [-0.39, 0.29) is 16.7 Å². The third kappa shape index (κ3) is 4.55. The lowest BCUT2D eigenvalue weighted by Gasteiger charge is -2.56. The minimum Gasteiger partial charge on any atom is -0.457 e. The monoisotopic (exact) mass is 471 g/mol. The summed E-state index contributed by atoms with van der Waals surface area (Å²) in [6.45, 7) is 9.48. The molecule has 2 aromatic carbocycles. The Balaban J connectivity index is 1.35. The smallest absolute Gasteiger partial charge is 0.230 e. The molecule has 5 rings (SSSR count). The van der Waals surface area contributed by atoms with Crippen LogP contribution in [-0.2, 0) is 4.79 Å². The molecule has 35 heavy (non-hydrogen) atoms. The molecule has 0 saturated heterocycles.